The summed E-state index contributed by atoms with van der Waals surface area (Å²) < 4.78 is 28.1. The maximum Gasteiger partial charge on any atom is 0.263 e. The molecule has 180 valence electrons. The molecule has 10 heteroatoms. The summed E-state index contributed by atoms with van der Waals surface area (Å²) in [5.74, 6) is -2.44. The summed E-state index contributed by atoms with van der Waals surface area (Å²) >= 11 is 1.46. The summed E-state index contributed by atoms with van der Waals surface area (Å²) in [6.45, 7) is 0.0115. The third-order valence-corrected chi connectivity index (χ3v) is 7.39. The van der Waals surface area contributed by atoms with Crippen molar-refractivity contribution >= 4 is 28.3 Å². The molecule has 0 unspecified atom stereocenters. The first-order valence-corrected chi connectivity index (χ1v) is 12.2. The second-order valence-corrected chi connectivity index (χ2v) is 9.64. The minimum atomic E-state index is -0.989. The molecule has 6 rings (SSSR count). The fourth-order valence-electron chi connectivity index (χ4n) is 4.26. The van der Waals surface area contributed by atoms with Crippen LogP contribution < -0.4 is 10.9 Å². The first kappa shape index (κ1) is 22.3. The van der Waals surface area contributed by atoms with Crippen molar-refractivity contribution in [3.63, 3.8) is 0 Å². The summed E-state index contributed by atoms with van der Waals surface area (Å²) in [6.07, 6.45) is 6.54. The Morgan fingerprint density at radius 3 is 2.83 bits per heavy atom. The molecule has 1 aromatic carbocycles. The smallest absolute Gasteiger partial charge is 0.263 e. The van der Waals surface area contributed by atoms with E-state index in [0.717, 1.165) is 52.3 Å². The van der Waals surface area contributed by atoms with E-state index < -0.39 is 28.6 Å². The van der Waals surface area contributed by atoms with Gasteiger partial charge in [-0.2, -0.15) is 0 Å². The quantitative estimate of drug-likeness (QED) is 0.354. The predicted octanol–water partition coefficient (Wildman–Crippen LogP) is 4.59. The Morgan fingerprint density at radius 1 is 1.17 bits per heavy atom. The van der Waals surface area contributed by atoms with E-state index >= 15 is 0 Å². The highest BCUT2D eigenvalue weighted by molar-refractivity contribution is 7.10. The van der Waals surface area contributed by atoms with E-state index in [4.69, 9.17) is 4.98 Å². The van der Waals surface area contributed by atoms with Crippen molar-refractivity contribution in [2.24, 2.45) is 0 Å². The lowest BCUT2D eigenvalue weighted by Crippen LogP contribution is -2.39. The maximum atomic E-state index is 13.6. The predicted molar refractivity (Wildman–Crippen MR) is 132 cm³/mol. The fraction of sp³-hybridized carbons (Fsp3) is 0.154. The number of carbonyl (C=O) groups is 1. The van der Waals surface area contributed by atoms with Gasteiger partial charge in [0.2, 0.25) is 0 Å². The molecule has 5 aromatic rings. The van der Waals surface area contributed by atoms with Crippen LogP contribution in [-0.4, -0.2) is 25.4 Å². The Morgan fingerprint density at radius 2 is 2.03 bits per heavy atom. The van der Waals surface area contributed by atoms with Gasteiger partial charge in [-0.15, -0.1) is 11.3 Å². The number of rotatable bonds is 6. The van der Waals surface area contributed by atoms with Crippen LogP contribution >= 0.6 is 11.3 Å². The van der Waals surface area contributed by atoms with Crippen molar-refractivity contribution in [2.75, 3.05) is 0 Å². The number of hydrogen-bond donors (Lipinski definition) is 2. The summed E-state index contributed by atoms with van der Waals surface area (Å²) in [5.41, 5.74) is 1.77. The zero-order valence-electron chi connectivity index (χ0n) is 18.8. The van der Waals surface area contributed by atoms with Gasteiger partial charge >= 0.3 is 0 Å². The lowest BCUT2D eigenvalue weighted by Gasteiger charge is -2.15. The van der Waals surface area contributed by atoms with Crippen LogP contribution in [0.1, 0.15) is 33.8 Å². The number of amides is 1. The molecule has 0 atom stereocenters. The molecule has 1 aliphatic rings. The van der Waals surface area contributed by atoms with Crippen molar-refractivity contribution in [3.05, 3.63) is 105 Å². The largest absolute Gasteiger partial charge is 0.345 e. The van der Waals surface area contributed by atoms with Gasteiger partial charge in [-0.25, -0.2) is 18.7 Å². The molecule has 0 saturated heterocycles. The molecule has 4 heterocycles. The van der Waals surface area contributed by atoms with Crippen LogP contribution in [-0.2, 0) is 12.1 Å². The number of nitrogens with zero attached hydrogens (tertiary/aromatic N) is 3. The van der Waals surface area contributed by atoms with Crippen LogP contribution in [0.25, 0.3) is 22.3 Å². The number of benzene rings is 1. The Hall–Kier alpha value is -4.18. The monoisotopic (exact) mass is 503 g/mol. The van der Waals surface area contributed by atoms with E-state index in [0.29, 0.717) is 5.56 Å². The van der Waals surface area contributed by atoms with Crippen LogP contribution in [0.4, 0.5) is 8.78 Å². The highest BCUT2D eigenvalue weighted by atomic mass is 32.1. The summed E-state index contributed by atoms with van der Waals surface area (Å²) in [5, 5.41) is 6.71. The van der Waals surface area contributed by atoms with E-state index in [1.54, 1.807) is 12.3 Å². The van der Waals surface area contributed by atoms with Gasteiger partial charge in [0.1, 0.15) is 16.2 Å². The molecule has 1 saturated carbocycles. The average Bonchev–Trinajstić information content (AvgIpc) is 3.28. The Balaban J connectivity index is 1.24. The van der Waals surface area contributed by atoms with Gasteiger partial charge in [0.15, 0.2) is 11.6 Å². The van der Waals surface area contributed by atoms with E-state index in [2.05, 4.69) is 15.3 Å². The summed E-state index contributed by atoms with van der Waals surface area (Å²) in [4.78, 5) is 38.4. The van der Waals surface area contributed by atoms with Crippen molar-refractivity contribution in [1.29, 1.82) is 0 Å². The second kappa shape index (κ2) is 8.49. The number of carbonyl (C=O) groups excluding carboxylic acids is 1. The molecule has 0 bridgehead atoms. The molecule has 1 aliphatic carbocycles. The first-order chi connectivity index (χ1) is 17.4. The molecular formula is C26H19F2N5O2S. The average molecular weight is 504 g/mol. The summed E-state index contributed by atoms with van der Waals surface area (Å²) in [7, 11) is 0. The minimum absolute atomic E-state index is 0.0115. The molecule has 0 spiro atoms. The molecule has 0 radical (unpaired) electrons. The topological polar surface area (TPSA) is 92.7 Å². The zero-order chi connectivity index (χ0) is 24.9. The Bertz CT molecular complexity index is 1690. The number of pyridine rings is 2. The van der Waals surface area contributed by atoms with E-state index in [-0.39, 0.29) is 12.1 Å². The van der Waals surface area contributed by atoms with Crippen LogP contribution in [0.5, 0.6) is 0 Å². The van der Waals surface area contributed by atoms with Gasteiger partial charge < -0.3 is 14.9 Å². The van der Waals surface area contributed by atoms with Gasteiger partial charge in [-0.3, -0.25) is 9.59 Å². The third-order valence-electron chi connectivity index (χ3n) is 6.35. The SMILES string of the molecule is O=C(NC1(c2nc(-c3c[nH]c4ncccc34)cs2)CC1)c1cccn(Cc2ccc(F)c(F)c2)c1=O. The van der Waals surface area contributed by atoms with Gasteiger partial charge in [-0.1, -0.05) is 6.07 Å². The van der Waals surface area contributed by atoms with Gasteiger partial charge in [-0.05, 0) is 54.8 Å². The van der Waals surface area contributed by atoms with Gasteiger partial charge in [0, 0.05) is 34.9 Å². The molecule has 2 N–H and O–H groups in total. The van der Waals surface area contributed by atoms with E-state index in [9.17, 15) is 18.4 Å². The van der Waals surface area contributed by atoms with Crippen molar-refractivity contribution in [1.82, 2.24) is 24.8 Å². The van der Waals surface area contributed by atoms with E-state index in [1.807, 2.05) is 23.7 Å². The standard InChI is InChI=1S/C26H19F2N5O2S/c27-19-6-5-15(11-20(19)28)13-33-10-2-4-17(24(33)35)23(34)32-26(7-8-26)25-31-21(14-36-25)18-12-30-22-16(18)3-1-9-29-22/h1-6,9-12,14H,7-8,13H2,(H,29,30)(H,32,34). The van der Waals surface area contributed by atoms with E-state index in [1.165, 1.54) is 34.2 Å². The van der Waals surface area contributed by atoms with Crippen LogP contribution in [0.15, 0.2) is 71.2 Å². The molecular weight excluding hydrogens is 484 g/mol. The number of H-pyrrole nitrogens is 1. The number of aromatic amines is 1. The molecule has 7 nitrogen and oxygen atoms in total. The lowest BCUT2D eigenvalue weighted by atomic mass is 10.1. The zero-order valence-corrected chi connectivity index (χ0v) is 19.6. The number of thiazole rings is 1. The number of aromatic nitrogens is 4. The molecule has 1 fully saturated rings. The van der Waals surface area contributed by atoms with Gasteiger partial charge in [0.05, 0.1) is 17.8 Å². The van der Waals surface area contributed by atoms with Crippen molar-refractivity contribution in [2.45, 2.75) is 24.9 Å². The van der Waals surface area contributed by atoms with Crippen LogP contribution in [0.2, 0.25) is 0 Å². The highest BCUT2D eigenvalue weighted by Gasteiger charge is 2.48. The fourth-order valence-corrected chi connectivity index (χ4v) is 5.29. The third kappa shape index (κ3) is 3.89. The molecule has 36 heavy (non-hydrogen) atoms. The Kier molecular flexibility index (Phi) is 5.26. The maximum absolute atomic E-state index is 13.6. The first-order valence-electron chi connectivity index (χ1n) is 11.3. The highest BCUT2D eigenvalue weighted by Crippen LogP contribution is 2.47. The lowest BCUT2D eigenvalue weighted by molar-refractivity contribution is 0.0928. The number of fused-ring (bicyclic) bond motifs is 1. The Labute approximate surface area is 207 Å². The summed E-state index contributed by atoms with van der Waals surface area (Å²) in [6, 6.07) is 10.3. The van der Waals surface area contributed by atoms with Gasteiger partial charge in [0.25, 0.3) is 11.5 Å². The molecule has 0 aliphatic heterocycles. The number of hydrogen-bond acceptors (Lipinski definition) is 5. The minimum Gasteiger partial charge on any atom is -0.345 e. The van der Waals surface area contributed by atoms with Crippen molar-refractivity contribution in [3.8, 4) is 11.3 Å². The normalized spacial score (nSPS) is 14.2. The van der Waals surface area contributed by atoms with Crippen LogP contribution in [0.3, 0.4) is 0 Å². The molecule has 1 amide bonds. The number of nitrogens with one attached hydrogen (secondary N) is 2. The second-order valence-electron chi connectivity index (χ2n) is 8.78. The van der Waals surface area contributed by atoms with Crippen LogP contribution in [0, 0.1) is 11.6 Å². The molecule has 4 aromatic heterocycles. The van der Waals surface area contributed by atoms with Crippen molar-refractivity contribution < 1.29 is 13.6 Å². The number of halogens is 2.